The molecule has 1 atom stereocenters. The van der Waals surface area contributed by atoms with Crippen molar-refractivity contribution < 1.29 is 4.79 Å². The lowest BCUT2D eigenvalue weighted by molar-refractivity contribution is -0.135. The number of carbonyl (C=O) groups is 1. The van der Waals surface area contributed by atoms with Crippen molar-refractivity contribution in [2.45, 2.75) is 51.7 Å². The summed E-state index contributed by atoms with van der Waals surface area (Å²) in [5, 5.41) is 4.25. The van der Waals surface area contributed by atoms with Crippen molar-refractivity contribution in [1.29, 1.82) is 0 Å². The molecule has 1 fully saturated rings. The van der Waals surface area contributed by atoms with Crippen molar-refractivity contribution in [3.05, 3.63) is 58.8 Å². The zero-order chi connectivity index (χ0) is 19.5. The normalized spacial score (nSPS) is 17.2. The van der Waals surface area contributed by atoms with Crippen molar-refractivity contribution >= 4 is 16.9 Å². The van der Waals surface area contributed by atoms with Crippen LogP contribution in [0.25, 0.3) is 11.0 Å². The van der Waals surface area contributed by atoms with Gasteiger partial charge in [-0.3, -0.25) is 18.8 Å². The quantitative estimate of drug-likeness (QED) is 0.682. The molecule has 2 aromatic heterocycles. The highest BCUT2D eigenvalue weighted by Crippen LogP contribution is 2.21. The molecular formula is C21H25N5O2. The number of likely N-dealkylation sites (tertiary alicyclic amines) is 1. The van der Waals surface area contributed by atoms with E-state index < -0.39 is 0 Å². The van der Waals surface area contributed by atoms with Crippen LogP contribution in [0, 0.1) is 6.92 Å². The van der Waals surface area contributed by atoms with E-state index in [0.717, 1.165) is 44.3 Å². The Balaban J connectivity index is 1.56. The molecule has 1 aliphatic rings. The molecule has 28 heavy (non-hydrogen) atoms. The largest absolute Gasteiger partial charge is 0.338 e. The second-order valence-corrected chi connectivity index (χ2v) is 7.37. The van der Waals surface area contributed by atoms with Gasteiger partial charge in [-0.05, 0) is 50.8 Å². The zero-order valence-electron chi connectivity index (χ0n) is 16.1. The second-order valence-electron chi connectivity index (χ2n) is 7.37. The number of hydrogen-bond acceptors (Lipinski definition) is 4. The molecule has 7 heteroatoms. The number of benzene rings is 1. The molecule has 1 unspecified atom stereocenters. The summed E-state index contributed by atoms with van der Waals surface area (Å²) in [7, 11) is 0. The number of rotatable bonds is 5. The van der Waals surface area contributed by atoms with Gasteiger partial charge >= 0.3 is 0 Å². The average molecular weight is 379 g/mol. The molecule has 7 nitrogen and oxygen atoms in total. The lowest BCUT2D eigenvalue weighted by atomic mass is 9.99. The summed E-state index contributed by atoms with van der Waals surface area (Å²) in [5.41, 5.74) is 1.66. The Morgan fingerprint density at radius 3 is 2.89 bits per heavy atom. The smallest absolute Gasteiger partial charge is 0.272 e. The highest BCUT2D eigenvalue weighted by Gasteiger charge is 2.27. The summed E-state index contributed by atoms with van der Waals surface area (Å²) in [6.45, 7) is 3.29. The Hall–Kier alpha value is -2.96. The van der Waals surface area contributed by atoms with E-state index in [-0.39, 0.29) is 24.1 Å². The fraction of sp³-hybridized carbons (Fsp3) is 0.429. The van der Waals surface area contributed by atoms with E-state index in [9.17, 15) is 9.59 Å². The molecular weight excluding hydrogens is 354 g/mol. The molecule has 0 aliphatic carbocycles. The minimum Gasteiger partial charge on any atom is -0.338 e. The third-order valence-corrected chi connectivity index (χ3v) is 5.51. The van der Waals surface area contributed by atoms with Gasteiger partial charge < -0.3 is 4.90 Å². The number of aryl methyl sites for hydroxylation is 2. The van der Waals surface area contributed by atoms with Crippen molar-refractivity contribution in [1.82, 2.24) is 24.2 Å². The highest BCUT2D eigenvalue weighted by molar-refractivity contribution is 5.80. The predicted octanol–water partition coefficient (Wildman–Crippen LogP) is 2.37. The molecule has 1 amide bonds. The molecule has 0 N–H and O–H groups in total. The first kappa shape index (κ1) is 18.4. The number of para-hydroxylation sites is 2. The molecule has 0 bridgehead atoms. The Kier molecular flexibility index (Phi) is 5.23. The average Bonchev–Trinajstić information content (AvgIpc) is 3.23. The molecule has 1 saturated heterocycles. The number of hydrogen-bond donors (Lipinski definition) is 0. The van der Waals surface area contributed by atoms with Crippen LogP contribution in [0.4, 0.5) is 0 Å². The standard InChI is InChI=1S/C21H25N5O2/c1-16-21(28)26(19-9-3-2-8-18(19)23-16)15-20(27)25-13-5-4-7-17(25)10-14-24-12-6-11-22-24/h2-3,6,8-9,11-12,17H,4-5,7,10,13-15H2,1H3. The van der Waals surface area contributed by atoms with Crippen LogP contribution in [-0.2, 0) is 17.9 Å². The van der Waals surface area contributed by atoms with Gasteiger partial charge in [0.05, 0.1) is 11.0 Å². The first-order valence-electron chi connectivity index (χ1n) is 9.86. The Labute approximate surface area is 163 Å². The summed E-state index contributed by atoms with van der Waals surface area (Å²) < 4.78 is 3.47. The third-order valence-electron chi connectivity index (χ3n) is 5.51. The van der Waals surface area contributed by atoms with Crippen LogP contribution in [0.5, 0.6) is 0 Å². The molecule has 4 rings (SSSR count). The highest BCUT2D eigenvalue weighted by atomic mass is 16.2. The summed E-state index contributed by atoms with van der Waals surface area (Å²) in [6, 6.07) is 9.58. The summed E-state index contributed by atoms with van der Waals surface area (Å²) in [4.78, 5) is 32.2. The number of carbonyl (C=O) groups excluding carboxylic acids is 1. The van der Waals surface area contributed by atoms with E-state index in [1.165, 1.54) is 0 Å². The first-order valence-corrected chi connectivity index (χ1v) is 9.86. The van der Waals surface area contributed by atoms with E-state index in [2.05, 4.69) is 10.1 Å². The lowest BCUT2D eigenvalue weighted by Crippen LogP contribution is -2.46. The van der Waals surface area contributed by atoms with Crippen LogP contribution in [0.2, 0.25) is 0 Å². The van der Waals surface area contributed by atoms with Gasteiger partial charge in [0.2, 0.25) is 5.91 Å². The summed E-state index contributed by atoms with van der Waals surface area (Å²) in [6.07, 6.45) is 7.73. The fourth-order valence-corrected chi connectivity index (χ4v) is 4.05. The number of nitrogens with zero attached hydrogens (tertiary/aromatic N) is 5. The van der Waals surface area contributed by atoms with Gasteiger partial charge in [0.25, 0.3) is 5.56 Å². The minimum atomic E-state index is -0.197. The van der Waals surface area contributed by atoms with Crippen molar-refractivity contribution in [2.75, 3.05) is 6.54 Å². The first-order chi connectivity index (χ1) is 13.6. The van der Waals surface area contributed by atoms with E-state index in [4.69, 9.17) is 0 Å². The van der Waals surface area contributed by atoms with Crippen LogP contribution in [0.1, 0.15) is 31.4 Å². The SMILES string of the molecule is Cc1nc2ccccc2n(CC(=O)N2CCCCC2CCn2cccn2)c1=O. The van der Waals surface area contributed by atoms with Crippen LogP contribution in [-0.4, -0.2) is 42.7 Å². The Morgan fingerprint density at radius 1 is 1.21 bits per heavy atom. The minimum absolute atomic E-state index is 0.00279. The van der Waals surface area contributed by atoms with E-state index in [1.807, 2.05) is 46.1 Å². The Morgan fingerprint density at radius 2 is 2.07 bits per heavy atom. The van der Waals surface area contributed by atoms with Crippen molar-refractivity contribution in [3.63, 3.8) is 0 Å². The zero-order valence-corrected chi connectivity index (χ0v) is 16.1. The molecule has 146 valence electrons. The maximum absolute atomic E-state index is 13.2. The number of fused-ring (bicyclic) bond motifs is 1. The lowest BCUT2D eigenvalue weighted by Gasteiger charge is -2.36. The third kappa shape index (κ3) is 3.69. The van der Waals surface area contributed by atoms with Crippen LogP contribution < -0.4 is 5.56 Å². The molecule has 3 heterocycles. The van der Waals surface area contributed by atoms with Crippen molar-refractivity contribution in [2.24, 2.45) is 0 Å². The monoisotopic (exact) mass is 379 g/mol. The van der Waals surface area contributed by atoms with E-state index in [1.54, 1.807) is 17.7 Å². The van der Waals surface area contributed by atoms with Gasteiger partial charge in [-0.1, -0.05) is 12.1 Å². The fourth-order valence-electron chi connectivity index (χ4n) is 4.05. The summed E-state index contributed by atoms with van der Waals surface area (Å²) >= 11 is 0. The van der Waals surface area contributed by atoms with Crippen LogP contribution in [0.3, 0.4) is 0 Å². The predicted molar refractivity (Wildman–Crippen MR) is 107 cm³/mol. The number of piperidine rings is 1. The van der Waals surface area contributed by atoms with Crippen molar-refractivity contribution in [3.8, 4) is 0 Å². The van der Waals surface area contributed by atoms with E-state index >= 15 is 0 Å². The molecule has 1 aromatic carbocycles. The van der Waals surface area contributed by atoms with Gasteiger partial charge in [-0.15, -0.1) is 0 Å². The topological polar surface area (TPSA) is 73.0 Å². The summed E-state index contributed by atoms with van der Waals surface area (Å²) in [5.74, 6) is 0.00279. The maximum atomic E-state index is 13.2. The molecule has 0 saturated carbocycles. The van der Waals surface area contributed by atoms with E-state index in [0.29, 0.717) is 11.2 Å². The van der Waals surface area contributed by atoms with Gasteiger partial charge in [0, 0.05) is 31.5 Å². The number of amides is 1. The van der Waals surface area contributed by atoms with Crippen LogP contribution >= 0.6 is 0 Å². The van der Waals surface area contributed by atoms with Crippen LogP contribution in [0.15, 0.2) is 47.5 Å². The van der Waals surface area contributed by atoms with Gasteiger partial charge in [0.1, 0.15) is 12.2 Å². The molecule has 3 aromatic rings. The molecule has 1 aliphatic heterocycles. The molecule has 0 radical (unpaired) electrons. The van der Waals surface area contributed by atoms with Gasteiger partial charge in [-0.2, -0.15) is 5.10 Å². The molecule has 0 spiro atoms. The van der Waals surface area contributed by atoms with Gasteiger partial charge in [-0.25, -0.2) is 4.98 Å². The Bertz CT molecular complexity index is 1020. The number of aromatic nitrogens is 4. The maximum Gasteiger partial charge on any atom is 0.272 e. The second kappa shape index (κ2) is 7.96. The van der Waals surface area contributed by atoms with Gasteiger partial charge in [0.15, 0.2) is 0 Å².